The number of ketones is 1. The fraction of sp³-hybridized carbons (Fsp3) is 0.500. The number of hydrogen-bond acceptors (Lipinski definition) is 5. The Hall–Kier alpha value is -3.95. The molecule has 2 saturated heterocycles. The molecule has 4 amide bonds. The van der Waals surface area contributed by atoms with Gasteiger partial charge in [-0.3, -0.25) is 9.59 Å². The number of ether oxygens (including phenoxy) is 1. The van der Waals surface area contributed by atoms with E-state index in [0.717, 1.165) is 24.8 Å². The van der Waals surface area contributed by atoms with E-state index < -0.39 is 29.7 Å². The highest BCUT2D eigenvalue weighted by molar-refractivity contribution is 5.97. The number of carbonyl (C=O) groups excluding carboxylic acids is 4. The molecule has 2 aromatic rings. The highest BCUT2D eigenvalue weighted by Crippen LogP contribution is 2.27. The van der Waals surface area contributed by atoms with E-state index in [-0.39, 0.29) is 30.0 Å². The lowest BCUT2D eigenvalue weighted by Crippen LogP contribution is -2.59. The molecule has 4 rings (SSSR count). The van der Waals surface area contributed by atoms with E-state index >= 15 is 0 Å². The number of halogens is 1. The molecule has 0 bridgehead atoms. The zero-order valence-electron chi connectivity index (χ0n) is 24.8. The first-order valence-electron chi connectivity index (χ1n) is 14.6. The van der Waals surface area contributed by atoms with Crippen molar-refractivity contribution in [1.29, 1.82) is 0 Å². The molecule has 0 saturated carbocycles. The number of rotatable bonds is 6. The molecule has 42 heavy (non-hydrogen) atoms. The van der Waals surface area contributed by atoms with Gasteiger partial charge < -0.3 is 25.2 Å². The number of nitrogens with one attached hydrogen (secondary N) is 2. The Morgan fingerprint density at radius 1 is 0.976 bits per heavy atom. The Kier molecular flexibility index (Phi) is 9.85. The van der Waals surface area contributed by atoms with Crippen molar-refractivity contribution in [3.63, 3.8) is 0 Å². The molecule has 10 heteroatoms. The first-order chi connectivity index (χ1) is 19.9. The molecule has 0 aromatic heterocycles. The molecule has 0 aliphatic carbocycles. The molecular weight excluding hydrogens is 539 g/mol. The standard InChI is InChI=1S/C32H41FN4O5/c1-21(38)24-8-5-9-26(18-24)34-30(40)35-28-14-16-37(31(41)42-32(2,3)4)20-27(28)29(39)36-15-6-7-23(19-36)17-22-10-12-25(33)13-11-22/h5,8-13,18,23,27-28H,6-7,14-17,19-20H2,1-4H3,(H2,34,35,40)/t23-,27-,28+/m0/s1. The summed E-state index contributed by atoms with van der Waals surface area (Å²) in [6.07, 6.45) is 2.42. The van der Waals surface area contributed by atoms with Gasteiger partial charge in [-0.1, -0.05) is 24.3 Å². The minimum absolute atomic E-state index is 0.113. The molecule has 2 aliphatic rings. The van der Waals surface area contributed by atoms with Crippen LogP contribution in [0.15, 0.2) is 48.5 Å². The van der Waals surface area contributed by atoms with Crippen LogP contribution in [0.5, 0.6) is 0 Å². The normalized spacial score (nSPS) is 20.9. The smallest absolute Gasteiger partial charge is 0.410 e. The molecule has 9 nitrogen and oxygen atoms in total. The summed E-state index contributed by atoms with van der Waals surface area (Å²) < 4.78 is 19.0. The van der Waals surface area contributed by atoms with E-state index in [1.807, 2.05) is 4.90 Å². The van der Waals surface area contributed by atoms with Crippen molar-refractivity contribution in [2.75, 3.05) is 31.5 Å². The Morgan fingerprint density at radius 2 is 1.71 bits per heavy atom. The number of urea groups is 1. The van der Waals surface area contributed by atoms with E-state index in [1.54, 1.807) is 62.1 Å². The van der Waals surface area contributed by atoms with Crippen molar-refractivity contribution in [3.8, 4) is 0 Å². The summed E-state index contributed by atoms with van der Waals surface area (Å²) in [4.78, 5) is 55.1. The molecule has 226 valence electrons. The lowest BCUT2D eigenvalue weighted by Gasteiger charge is -2.42. The maximum absolute atomic E-state index is 14.0. The number of piperidine rings is 2. The van der Waals surface area contributed by atoms with Crippen molar-refractivity contribution in [1.82, 2.24) is 15.1 Å². The third kappa shape index (κ3) is 8.53. The second-order valence-corrected chi connectivity index (χ2v) is 12.3. The third-order valence-corrected chi connectivity index (χ3v) is 7.69. The summed E-state index contributed by atoms with van der Waals surface area (Å²) in [5.74, 6) is -0.943. The summed E-state index contributed by atoms with van der Waals surface area (Å²) in [5.41, 5.74) is 1.29. The lowest BCUT2D eigenvalue weighted by atomic mass is 9.87. The topological polar surface area (TPSA) is 108 Å². The Balaban J connectivity index is 1.47. The first kappa shape index (κ1) is 31.0. The summed E-state index contributed by atoms with van der Waals surface area (Å²) in [5, 5.41) is 5.72. The minimum atomic E-state index is -0.680. The highest BCUT2D eigenvalue weighted by atomic mass is 19.1. The molecule has 2 aromatic carbocycles. The molecule has 2 fully saturated rings. The Morgan fingerprint density at radius 3 is 2.40 bits per heavy atom. The molecule has 0 spiro atoms. The zero-order chi connectivity index (χ0) is 30.4. The number of hydrogen-bond donors (Lipinski definition) is 2. The van der Waals surface area contributed by atoms with E-state index in [4.69, 9.17) is 4.74 Å². The number of carbonyl (C=O) groups is 4. The van der Waals surface area contributed by atoms with Crippen LogP contribution in [-0.2, 0) is 16.0 Å². The second-order valence-electron chi connectivity index (χ2n) is 12.3. The molecule has 2 heterocycles. The van der Waals surface area contributed by atoms with Gasteiger partial charge in [-0.25, -0.2) is 14.0 Å². The quantitative estimate of drug-likeness (QED) is 0.454. The van der Waals surface area contributed by atoms with Gasteiger partial charge in [-0.2, -0.15) is 0 Å². The molecule has 2 N–H and O–H groups in total. The zero-order valence-corrected chi connectivity index (χ0v) is 24.8. The van der Waals surface area contributed by atoms with Gasteiger partial charge in [0.05, 0.1) is 5.92 Å². The first-order valence-corrected chi connectivity index (χ1v) is 14.6. The van der Waals surface area contributed by atoms with Crippen LogP contribution in [-0.4, -0.2) is 71.4 Å². The second kappa shape index (κ2) is 13.4. The lowest BCUT2D eigenvalue weighted by molar-refractivity contribution is -0.140. The minimum Gasteiger partial charge on any atom is -0.444 e. The number of likely N-dealkylation sites (tertiary alicyclic amines) is 2. The molecule has 2 aliphatic heterocycles. The third-order valence-electron chi connectivity index (χ3n) is 7.69. The molecule has 0 unspecified atom stereocenters. The Bertz CT molecular complexity index is 1290. The Labute approximate surface area is 246 Å². The fourth-order valence-electron chi connectivity index (χ4n) is 5.64. The van der Waals surface area contributed by atoms with Gasteiger partial charge in [0.15, 0.2) is 5.78 Å². The largest absolute Gasteiger partial charge is 0.444 e. The van der Waals surface area contributed by atoms with Gasteiger partial charge in [-0.05, 0) is 89.1 Å². The average molecular weight is 581 g/mol. The summed E-state index contributed by atoms with van der Waals surface area (Å²) in [6.45, 7) is 8.44. The molecule has 3 atom stereocenters. The fourth-order valence-corrected chi connectivity index (χ4v) is 5.64. The monoisotopic (exact) mass is 580 g/mol. The van der Waals surface area contributed by atoms with Crippen LogP contribution in [0.25, 0.3) is 0 Å². The number of benzene rings is 2. The van der Waals surface area contributed by atoms with Gasteiger partial charge in [-0.15, -0.1) is 0 Å². The van der Waals surface area contributed by atoms with E-state index in [0.29, 0.717) is 37.3 Å². The van der Waals surface area contributed by atoms with Crippen molar-refractivity contribution in [2.24, 2.45) is 11.8 Å². The van der Waals surface area contributed by atoms with Crippen molar-refractivity contribution < 1.29 is 28.3 Å². The summed E-state index contributed by atoms with van der Waals surface area (Å²) in [7, 11) is 0. The maximum atomic E-state index is 14.0. The van der Waals surface area contributed by atoms with Crippen molar-refractivity contribution in [3.05, 3.63) is 65.5 Å². The van der Waals surface area contributed by atoms with Crippen LogP contribution in [0, 0.1) is 17.7 Å². The number of anilines is 1. The van der Waals surface area contributed by atoms with Gasteiger partial charge in [0.2, 0.25) is 5.91 Å². The SMILES string of the molecule is CC(=O)c1cccc(NC(=O)N[C@@H]2CCN(C(=O)OC(C)(C)C)C[C@@H]2C(=O)N2CCC[C@@H](Cc3ccc(F)cc3)C2)c1. The maximum Gasteiger partial charge on any atom is 0.410 e. The average Bonchev–Trinajstić information content (AvgIpc) is 2.93. The van der Waals surface area contributed by atoms with Crippen molar-refractivity contribution >= 4 is 29.5 Å². The van der Waals surface area contributed by atoms with Crippen molar-refractivity contribution in [2.45, 2.75) is 65.0 Å². The van der Waals surface area contributed by atoms with E-state index in [1.165, 1.54) is 19.1 Å². The summed E-state index contributed by atoms with van der Waals surface area (Å²) in [6, 6.07) is 12.1. The predicted octanol–water partition coefficient (Wildman–Crippen LogP) is 5.26. The summed E-state index contributed by atoms with van der Waals surface area (Å²) >= 11 is 0. The van der Waals surface area contributed by atoms with Gasteiger partial charge in [0, 0.05) is 43.5 Å². The number of amides is 4. The number of Topliss-reactive ketones (excluding diaryl/α,β-unsaturated/α-hetero) is 1. The molecule has 0 radical (unpaired) electrons. The predicted molar refractivity (Wildman–Crippen MR) is 158 cm³/mol. The van der Waals surface area contributed by atoms with Crippen LogP contribution >= 0.6 is 0 Å². The van der Waals surface area contributed by atoms with Crippen LogP contribution in [0.3, 0.4) is 0 Å². The van der Waals surface area contributed by atoms with Crippen LogP contribution in [0.2, 0.25) is 0 Å². The molecular formula is C32H41FN4O5. The van der Waals surface area contributed by atoms with Gasteiger partial charge in [0.1, 0.15) is 11.4 Å². The van der Waals surface area contributed by atoms with Crippen LogP contribution < -0.4 is 10.6 Å². The van der Waals surface area contributed by atoms with Gasteiger partial charge >= 0.3 is 12.1 Å². The van der Waals surface area contributed by atoms with Gasteiger partial charge in [0.25, 0.3) is 0 Å². The van der Waals surface area contributed by atoms with E-state index in [9.17, 15) is 23.6 Å². The highest BCUT2D eigenvalue weighted by Gasteiger charge is 2.41. The number of nitrogens with zero attached hydrogens (tertiary/aromatic N) is 2. The van der Waals surface area contributed by atoms with Crippen LogP contribution in [0.4, 0.5) is 19.7 Å². The van der Waals surface area contributed by atoms with E-state index in [2.05, 4.69) is 10.6 Å². The van der Waals surface area contributed by atoms with Crippen LogP contribution in [0.1, 0.15) is 62.9 Å².